The Morgan fingerprint density at radius 2 is 1.67 bits per heavy atom. The van der Waals surface area contributed by atoms with Gasteiger partial charge in [0, 0.05) is 26.2 Å². The molecule has 5 aromatic rings. The van der Waals surface area contributed by atoms with Crippen LogP contribution in [0.25, 0.3) is 28.4 Å². The average molecular weight is 529 g/mol. The van der Waals surface area contributed by atoms with Crippen LogP contribution in [0.3, 0.4) is 0 Å². The van der Waals surface area contributed by atoms with Gasteiger partial charge in [-0.05, 0) is 48.7 Å². The largest absolute Gasteiger partial charge is 0.497 e. The van der Waals surface area contributed by atoms with Crippen molar-refractivity contribution in [3.8, 4) is 23.0 Å². The molecule has 0 aliphatic rings. The van der Waals surface area contributed by atoms with E-state index in [4.69, 9.17) is 14.5 Å². The molecule has 0 unspecified atom stereocenters. The number of ether oxygens (including phenoxy) is 2. The molecule has 0 amide bonds. The summed E-state index contributed by atoms with van der Waals surface area (Å²) < 4.78 is 15.9. The first-order valence-electron chi connectivity index (χ1n) is 12.4. The molecule has 200 valence electrons. The number of aromatic nitrogens is 6. The van der Waals surface area contributed by atoms with Crippen molar-refractivity contribution in [2.75, 3.05) is 14.2 Å². The maximum absolute atomic E-state index is 13.4. The third kappa shape index (κ3) is 4.63. The number of carbonyl (C=O) groups is 1. The number of methoxy groups -OCH3 is 2. The van der Waals surface area contributed by atoms with Crippen molar-refractivity contribution < 1.29 is 14.3 Å². The zero-order valence-electron chi connectivity index (χ0n) is 22.1. The van der Waals surface area contributed by atoms with Crippen molar-refractivity contribution in [1.29, 1.82) is 0 Å². The van der Waals surface area contributed by atoms with E-state index in [-0.39, 0.29) is 16.9 Å². The van der Waals surface area contributed by atoms with Gasteiger partial charge in [0.05, 0.1) is 19.9 Å². The number of rotatable bonds is 8. The van der Waals surface area contributed by atoms with E-state index in [1.165, 1.54) is 23.4 Å². The monoisotopic (exact) mass is 528 g/mol. The fraction of sp³-hybridized carbons (Fsp3) is 0.250. The summed E-state index contributed by atoms with van der Waals surface area (Å²) in [6.07, 6.45) is 1.46. The molecule has 2 aromatic carbocycles. The predicted molar refractivity (Wildman–Crippen MR) is 145 cm³/mol. The fourth-order valence-corrected chi connectivity index (χ4v) is 4.60. The number of aryl methyl sites for hydroxylation is 3. The first kappa shape index (κ1) is 25.7. The van der Waals surface area contributed by atoms with Crippen LogP contribution in [0.1, 0.15) is 22.5 Å². The summed E-state index contributed by atoms with van der Waals surface area (Å²) in [5.41, 5.74) is 2.09. The molecule has 3 aromatic heterocycles. The van der Waals surface area contributed by atoms with Gasteiger partial charge in [-0.2, -0.15) is 14.8 Å². The second kappa shape index (κ2) is 10.4. The van der Waals surface area contributed by atoms with E-state index in [2.05, 4.69) is 5.10 Å². The van der Waals surface area contributed by atoms with Crippen molar-refractivity contribution in [2.45, 2.75) is 19.4 Å². The van der Waals surface area contributed by atoms with Crippen molar-refractivity contribution >= 4 is 17.1 Å². The quantitative estimate of drug-likeness (QED) is 0.285. The van der Waals surface area contributed by atoms with Gasteiger partial charge in [0.2, 0.25) is 5.95 Å². The lowest BCUT2D eigenvalue weighted by molar-refractivity contribution is 0.0593. The van der Waals surface area contributed by atoms with Crippen LogP contribution >= 0.6 is 0 Å². The average Bonchev–Trinajstić information content (AvgIpc) is 3.57. The summed E-state index contributed by atoms with van der Waals surface area (Å²) in [5, 5.41) is 4.53. The van der Waals surface area contributed by atoms with Gasteiger partial charge in [0.1, 0.15) is 5.75 Å². The van der Waals surface area contributed by atoms with Crippen LogP contribution in [0.2, 0.25) is 0 Å². The molecule has 3 heterocycles. The summed E-state index contributed by atoms with van der Waals surface area (Å²) >= 11 is 0. The number of benzene rings is 2. The summed E-state index contributed by atoms with van der Waals surface area (Å²) in [6, 6.07) is 18.9. The zero-order valence-corrected chi connectivity index (χ0v) is 22.1. The van der Waals surface area contributed by atoms with E-state index in [0.717, 1.165) is 22.1 Å². The van der Waals surface area contributed by atoms with Crippen LogP contribution in [0.4, 0.5) is 0 Å². The minimum atomic E-state index is -0.612. The van der Waals surface area contributed by atoms with Gasteiger partial charge >= 0.3 is 11.7 Å². The smallest absolute Gasteiger partial charge is 0.358 e. The minimum absolute atomic E-state index is 0.0769. The minimum Gasteiger partial charge on any atom is -0.497 e. The van der Waals surface area contributed by atoms with Gasteiger partial charge in [-0.25, -0.2) is 9.59 Å². The van der Waals surface area contributed by atoms with Gasteiger partial charge in [-0.3, -0.25) is 13.9 Å². The van der Waals surface area contributed by atoms with Gasteiger partial charge in [-0.15, -0.1) is 0 Å². The Hall–Kier alpha value is -4.93. The summed E-state index contributed by atoms with van der Waals surface area (Å²) in [6.45, 7) is 0.420. The van der Waals surface area contributed by atoms with E-state index < -0.39 is 17.2 Å². The third-order valence-electron chi connectivity index (χ3n) is 6.70. The molecule has 0 aliphatic carbocycles. The Kier molecular flexibility index (Phi) is 6.88. The molecule has 11 heteroatoms. The first-order valence-corrected chi connectivity index (χ1v) is 12.4. The van der Waals surface area contributed by atoms with Crippen LogP contribution in [-0.4, -0.2) is 48.7 Å². The van der Waals surface area contributed by atoms with Crippen molar-refractivity contribution in [3.63, 3.8) is 0 Å². The number of nitrogens with zero attached hydrogens (tertiary/aromatic N) is 6. The molecular weight excluding hydrogens is 500 g/mol. The van der Waals surface area contributed by atoms with E-state index >= 15 is 0 Å². The van der Waals surface area contributed by atoms with Gasteiger partial charge < -0.3 is 14.0 Å². The van der Waals surface area contributed by atoms with E-state index in [0.29, 0.717) is 30.4 Å². The lowest BCUT2D eigenvalue weighted by Gasteiger charge is -2.12. The third-order valence-corrected chi connectivity index (χ3v) is 6.70. The summed E-state index contributed by atoms with van der Waals surface area (Å²) in [5.74, 6) is 0.362. The molecule has 0 saturated carbocycles. The van der Waals surface area contributed by atoms with Crippen molar-refractivity contribution in [3.05, 3.63) is 92.8 Å². The molecule has 0 radical (unpaired) electrons. The Morgan fingerprint density at radius 1 is 0.949 bits per heavy atom. The van der Waals surface area contributed by atoms with E-state index in [1.54, 1.807) is 36.9 Å². The standard InChI is InChI=1S/C28H28N6O5/c1-31-24-23(25(35)32(2)28(31)37)33(16-8-11-18-9-6-5-7-10-18)27(29-24)34-22(17-21(30-34)26(36)39-4)19-12-14-20(38-3)15-13-19/h5-7,9-10,12-15,17H,8,11,16H2,1-4H3. The molecule has 0 N–H and O–H groups in total. The van der Waals surface area contributed by atoms with Crippen LogP contribution in [-0.2, 0) is 31.8 Å². The van der Waals surface area contributed by atoms with E-state index in [1.807, 2.05) is 42.5 Å². The van der Waals surface area contributed by atoms with E-state index in [9.17, 15) is 14.4 Å². The lowest BCUT2D eigenvalue weighted by Crippen LogP contribution is -2.37. The summed E-state index contributed by atoms with van der Waals surface area (Å²) in [4.78, 5) is 43.3. The molecule has 0 saturated heterocycles. The fourth-order valence-electron chi connectivity index (χ4n) is 4.60. The zero-order chi connectivity index (χ0) is 27.7. The van der Waals surface area contributed by atoms with Crippen molar-refractivity contribution in [1.82, 2.24) is 28.5 Å². The molecule has 0 aliphatic heterocycles. The molecule has 0 fully saturated rings. The highest BCUT2D eigenvalue weighted by molar-refractivity contribution is 5.89. The highest BCUT2D eigenvalue weighted by Crippen LogP contribution is 2.27. The van der Waals surface area contributed by atoms with Crippen LogP contribution in [0.5, 0.6) is 5.75 Å². The highest BCUT2D eigenvalue weighted by atomic mass is 16.5. The molecular formula is C28H28N6O5. The molecule has 39 heavy (non-hydrogen) atoms. The summed E-state index contributed by atoms with van der Waals surface area (Å²) in [7, 11) is 5.88. The van der Waals surface area contributed by atoms with Crippen molar-refractivity contribution in [2.24, 2.45) is 14.1 Å². The Labute approximate surface area is 223 Å². The number of hydrogen-bond donors (Lipinski definition) is 0. The molecule has 0 atom stereocenters. The second-order valence-corrected chi connectivity index (χ2v) is 9.08. The highest BCUT2D eigenvalue weighted by Gasteiger charge is 2.25. The Bertz CT molecular complexity index is 1780. The number of hydrogen-bond acceptors (Lipinski definition) is 7. The van der Waals surface area contributed by atoms with Crippen LogP contribution in [0.15, 0.2) is 70.3 Å². The number of esters is 1. The van der Waals surface area contributed by atoms with Crippen LogP contribution < -0.4 is 16.0 Å². The number of fused-ring (bicyclic) bond motifs is 1. The normalized spacial score (nSPS) is 11.2. The molecule has 5 rings (SSSR count). The van der Waals surface area contributed by atoms with Gasteiger partial charge in [0.15, 0.2) is 16.9 Å². The second-order valence-electron chi connectivity index (χ2n) is 9.08. The maximum Gasteiger partial charge on any atom is 0.358 e. The van der Waals surface area contributed by atoms with Crippen LogP contribution in [0, 0.1) is 0 Å². The first-order chi connectivity index (χ1) is 18.8. The Balaban J connectivity index is 1.72. The maximum atomic E-state index is 13.4. The molecule has 0 bridgehead atoms. The molecule has 11 nitrogen and oxygen atoms in total. The SMILES string of the molecule is COC(=O)c1cc(-c2ccc(OC)cc2)n(-c2nc3c(c(=O)n(C)c(=O)n3C)n2CCCc2ccccc2)n1. The predicted octanol–water partition coefficient (Wildman–Crippen LogP) is 2.71. The molecule has 0 spiro atoms. The number of imidazole rings is 1. The topological polar surface area (TPSA) is 115 Å². The Morgan fingerprint density at radius 3 is 2.33 bits per heavy atom. The number of carbonyl (C=O) groups excluding carboxylic acids is 1. The van der Waals surface area contributed by atoms with Gasteiger partial charge in [0.25, 0.3) is 5.56 Å². The van der Waals surface area contributed by atoms with Gasteiger partial charge in [-0.1, -0.05) is 30.3 Å². The lowest BCUT2D eigenvalue weighted by atomic mass is 10.1.